The van der Waals surface area contributed by atoms with Gasteiger partial charge in [-0.3, -0.25) is 9.80 Å². The number of hydrogen-bond acceptors (Lipinski definition) is 6. The van der Waals surface area contributed by atoms with E-state index in [0.717, 1.165) is 49.0 Å². The molecule has 0 unspecified atom stereocenters. The Morgan fingerprint density at radius 1 is 0.957 bits per heavy atom. The number of aromatic nitrogens is 2. The smallest absolute Gasteiger partial charge is 0.326 e. The van der Waals surface area contributed by atoms with Crippen molar-refractivity contribution in [2.75, 3.05) is 56.1 Å². The number of rotatable bonds is 3. The molecule has 3 aliphatic rings. The van der Waals surface area contributed by atoms with Crippen LogP contribution in [0.15, 0.2) is 0 Å². The van der Waals surface area contributed by atoms with Crippen LogP contribution in [-0.4, -0.2) is 78.4 Å². The van der Waals surface area contributed by atoms with Gasteiger partial charge in [0.1, 0.15) is 0 Å². The van der Waals surface area contributed by atoms with Gasteiger partial charge in [0.2, 0.25) is 10.3 Å². The number of piperazine rings is 1. The molecular weight excluding hydrogens is 312 g/mol. The molecule has 0 N–H and O–H groups in total. The van der Waals surface area contributed by atoms with E-state index in [9.17, 15) is 4.79 Å². The van der Waals surface area contributed by atoms with E-state index in [-0.39, 0.29) is 6.03 Å². The van der Waals surface area contributed by atoms with Gasteiger partial charge in [-0.05, 0) is 12.8 Å². The number of carbonyl (C=O) groups excluding carboxylic acids is 1. The Balaban J connectivity index is 1.37. The van der Waals surface area contributed by atoms with Crippen LogP contribution in [0.1, 0.15) is 25.7 Å². The number of hydrogen-bond donors (Lipinski definition) is 0. The first-order chi connectivity index (χ1) is 11.2. The van der Waals surface area contributed by atoms with Crippen LogP contribution >= 0.6 is 11.3 Å². The molecule has 0 bridgehead atoms. The summed E-state index contributed by atoms with van der Waals surface area (Å²) in [5.41, 5.74) is 0. The zero-order chi connectivity index (χ0) is 15.8. The van der Waals surface area contributed by atoms with Crippen molar-refractivity contribution in [1.82, 2.24) is 20.0 Å². The largest absolute Gasteiger partial charge is 0.344 e. The van der Waals surface area contributed by atoms with Crippen molar-refractivity contribution in [3.8, 4) is 0 Å². The first-order valence-corrected chi connectivity index (χ1v) is 9.39. The van der Waals surface area contributed by atoms with Gasteiger partial charge in [-0.1, -0.05) is 24.2 Å². The third-order valence-electron chi connectivity index (χ3n) is 5.28. The summed E-state index contributed by atoms with van der Waals surface area (Å²) in [6.07, 6.45) is 5.52. The molecule has 8 heteroatoms. The van der Waals surface area contributed by atoms with E-state index in [2.05, 4.69) is 20.0 Å². The molecule has 7 nitrogen and oxygen atoms in total. The standard InChI is InChI=1S/C15H24N6OS/c1-18-6-11-21(15(18)22)14-17-16-13(23-14)20-9-7-19(8-10-20)12-4-2-3-5-12/h12H,2-11H2,1H3. The van der Waals surface area contributed by atoms with Gasteiger partial charge >= 0.3 is 6.03 Å². The summed E-state index contributed by atoms with van der Waals surface area (Å²) in [6, 6.07) is 0.832. The third-order valence-corrected chi connectivity index (χ3v) is 6.28. The van der Waals surface area contributed by atoms with Crippen molar-refractivity contribution in [2.24, 2.45) is 0 Å². The summed E-state index contributed by atoms with van der Waals surface area (Å²) in [6.45, 7) is 5.72. The lowest BCUT2D eigenvalue weighted by Gasteiger charge is -2.37. The van der Waals surface area contributed by atoms with Crippen molar-refractivity contribution < 1.29 is 4.79 Å². The molecule has 1 saturated carbocycles. The molecule has 3 fully saturated rings. The highest BCUT2D eigenvalue weighted by molar-refractivity contribution is 7.19. The molecule has 0 aromatic carbocycles. The van der Waals surface area contributed by atoms with E-state index in [4.69, 9.17) is 0 Å². The Bertz CT molecular complexity index is 564. The molecule has 1 aromatic rings. The third kappa shape index (κ3) is 2.89. The number of urea groups is 1. The SMILES string of the molecule is CN1CCN(c2nnc(N3CCN(C4CCCC4)CC3)s2)C1=O. The van der Waals surface area contributed by atoms with E-state index >= 15 is 0 Å². The highest BCUT2D eigenvalue weighted by Crippen LogP contribution is 2.31. The van der Waals surface area contributed by atoms with Crippen molar-refractivity contribution in [2.45, 2.75) is 31.7 Å². The number of carbonyl (C=O) groups is 1. The van der Waals surface area contributed by atoms with E-state index < -0.39 is 0 Å². The fourth-order valence-corrected chi connectivity index (χ4v) is 4.74. The van der Waals surface area contributed by atoms with Gasteiger partial charge in [-0.2, -0.15) is 0 Å². The van der Waals surface area contributed by atoms with E-state index in [1.54, 1.807) is 9.80 Å². The Labute approximate surface area is 140 Å². The van der Waals surface area contributed by atoms with Crippen LogP contribution in [0.3, 0.4) is 0 Å². The first-order valence-electron chi connectivity index (χ1n) is 8.57. The van der Waals surface area contributed by atoms with Crippen LogP contribution in [0, 0.1) is 0 Å². The average molecular weight is 336 g/mol. The molecule has 1 aliphatic carbocycles. The minimum absolute atomic E-state index is 0.0266. The van der Waals surface area contributed by atoms with E-state index in [0.29, 0.717) is 6.54 Å². The lowest BCUT2D eigenvalue weighted by molar-refractivity contribution is 0.187. The maximum Gasteiger partial charge on any atom is 0.326 e. The van der Waals surface area contributed by atoms with Crippen LogP contribution in [0.4, 0.5) is 15.1 Å². The lowest BCUT2D eigenvalue weighted by Crippen LogP contribution is -2.49. The van der Waals surface area contributed by atoms with Crippen LogP contribution in [0.2, 0.25) is 0 Å². The summed E-state index contributed by atoms with van der Waals surface area (Å²) in [5.74, 6) is 0. The van der Waals surface area contributed by atoms with Gasteiger partial charge in [0.25, 0.3) is 0 Å². The van der Waals surface area contributed by atoms with Gasteiger partial charge < -0.3 is 9.80 Å². The van der Waals surface area contributed by atoms with Gasteiger partial charge in [0, 0.05) is 52.4 Å². The summed E-state index contributed by atoms with van der Waals surface area (Å²) >= 11 is 1.54. The van der Waals surface area contributed by atoms with Crippen molar-refractivity contribution in [3.05, 3.63) is 0 Å². The highest BCUT2D eigenvalue weighted by Gasteiger charge is 2.31. The molecule has 3 heterocycles. The Hall–Kier alpha value is -1.41. The summed E-state index contributed by atoms with van der Waals surface area (Å²) in [5, 5.41) is 10.3. The van der Waals surface area contributed by atoms with E-state index in [1.165, 1.54) is 37.0 Å². The maximum atomic E-state index is 12.1. The minimum Gasteiger partial charge on any atom is -0.344 e. The summed E-state index contributed by atoms with van der Waals surface area (Å²) in [4.78, 5) is 20.5. The second-order valence-electron chi connectivity index (χ2n) is 6.68. The van der Waals surface area contributed by atoms with Crippen LogP contribution in [-0.2, 0) is 0 Å². The fourth-order valence-electron chi connectivity index (χ4n) is 3.82. The molecule has 1 aromatic heterocycles. The molecule has 126 valence electrons. The molecule has 2 saturated heterocycles. The maximum absolute atomic E-state index is 12.1. The second kappa shape index (κ2) is 6.24. The number of nitrogens with zero attached hydrogens (tertiary/aromatic N) is 6. The first kappa shape index (κ1) is 15.1. The van der Waals surface area contributed by atoms with Crippen LogP contribution in [0.5, 0.6) is 0 Å². The van der Waals surface area contributed by atoms with Gasteiger partial charge in [-0.25, -0.2) is 4.79 Å². The van der Waals surface area contributed by atoms with Gasteiger partial charge in [0.05, 0.1) is 0 Å². The van der Waals surface area contributed by atoms with Crippen molar-refractivity contribution >= 4 is 27.6 Å². The summed E-state index contributed by atoms with van der Waals surface area (Å²) in [7, 11) is 1.83. The predicted molar refractivity (Wildman–Crippen MR) is 91.3 cm³/mol. The Morgan fingerprint density at radius 3 is 2.30 bits per heavy atom. The molecule has 4 rings (SSSR count). The average Bonchev–Trinajstić information content (AvgIpc) is 3.31. The molecule has 2 amide bonds. The van der Waals surface area contributed by atoms with Gasteiger partial charge in [-0.15, -0.1) is 10.2 Å². The Morgan fingerprint density at radius 2 is 1.65 bits per heavy atom. The molecule has 23 heavy (non-hydrogen) atoms. The molecule has 2 aliphatic heterocycles. The fraction of sp³-hybridized carbons (Fsp3) is 0.800. The predicted octanol–water partition coefficient (Wildman–Crippen LogP) is 1.47. The van der Waals surface area contributed by atoms with Crippen LogP contribution < -0.4 is 9.80 Å². The quantitative estimate of drug-likeness (QED) is 0.837. The lowest BCUT2D eigenvalue weighted by atomic mass is 10.2. The highest BCUT2D eigenvalue weighted by atomic mass is 32.1. The topological polar surface area (TPSA) is 55.8 Å². The van der Waals surface area contributed by atoms with Crippen molar-refractivity contribution in [1.29, 1.82) is 0 Å². The van der Waals surface area contributed by atoms with E-state index in [1.807, 2.05) is 7.05 Å². The molecule has 0 radical (unpaired) electrons. The summed E-state index contributed by atoms with van der Waals surface area (Å²) < 4.78 is 0. The second-order valence-corrected chi connectivity index (χ2v) is 7.62. The molecular formula is C15H24N6OS. The minimum atomic E-state index is 0.0266. The number of likely N-dealkylation sites (N-methyl/N-ethyl adjacent to an activating group) is 1. The van der Waals surface area contributed by atoms with Crippen molar-refractivity contribution in [3.63, 3.8) is 0 Å². The zero-order valence-corrected chi connectivity index (χ0v) is 14.5. The monoisotopic (exact) mass is 336 g/mol. The number of amides is 2. The number of anilines is 2. The Kier molecular flexibility index (Phi) is 4.11. The van der Waals surface area contributed by atoms with Gasteiger partial charge in [0.15, 0.2) is 0 Å². The van der Waals surface area contributed by atoms with Crippen LogP contribution in [0.25, 0.3) is 0 Å². The normalized spacial score (nSPS) is 24.2. The zero-order valence-electron chi connectivity index (χ0n) is 13.6. The molecule has 0 spiro atoms. The molecule has 0 atom stereocenters.